The van der Waals surface area contributed by atoms with Crippen LogP contribution in [-0.4, -0.2) is 12.6 Å². The monoisotopic (exact) mass is 251 g/mol. The number of rotatable bonds is 4. The highest BCUT2D eigenvalue weighted by Gasteiger charge is 2.09. The lowest BCUT2D eigenvalue weighted by Crippen LogP contribution is -2.01. The molecule has 0 aliphatic carbocycles. The van der Waals surface area contributed by atoms with E-state index in [2.05, 4.69) is 4.74 Å². The molecule has 0 aliphatic rings. The topological polar surface area (TPSA) is 50.1 Å². The first-order valence-electron chi connectivity index (χ1n) is 5.29. The quantitative estimate of drug-likeness (QED) is 0.773. The molecular weight excluding hydrogens is 240 g/mol. The second kappa shape index (κ2) is 6.50. The van der Waals surface area contributed by atoms with E-state index in [1.807, 2.05) is 0 Å². The Balaban J connectivity index is 2.78. The summed E-state index contributed by atoms with van der Waals surface area (Å²) < 4.78 is 31.1. The Morgan fingerprint density at radius 2 is 2.06 bits per heavy atom. The molecule has 0 spiro atoms. The normalized spacial score (nSPS) is 10.3. The van der Waals surface area contributed by atoms with Gasteiger partial charge in [0.2, 0.25) is 0 Å². The summed E-state index contributed by atoms with van der Waals surface area (Å²) in [6.07, 6.45) is 2.86. The Hall–Kier alpha value is -2.22. The van der Waals surface area contributed by atoms with Gasteiger partial charge in [-0.15, -0.1) is 0 Å². The van der Waals surface area contributed by atoms with Gasteiger partial charge in [-0.2, -0.15) is 5.26 Å². The molecule has 3 nitrogen and oxygen atoms in total. The van der Waals surface area contributed by atoms with Crippen molar-refractivity contribution >= 4 is 12.0 Å². The summed E-state index contributed by atoms with van der Waals surface area (Å²) in [4.78, 5) is 11.0. The Bertz CT molecular complexity index is 495. The molecule has 1 aromatic rings. The lowest BCUT2D eigenvalue weighted by atomic mass is 10.1. The van der Waals surface area contributed by atoms with Gasteiger partial charge in [0.25, 0.3) is 0 Å². The molecule has 0 aromatic heterocycles. The first-order chi connectivity index (χ1) is 8.58. The van der Waals surface area contributed by atoms with Crippen LogP contribution in [0.25, 0.3) is 6.08 Å². The molecule has 0 bridgehead atoms. The minimum absolute atomic E-state index is 0.0249. The maximum absolute atomic E-state index is 13.2. The minimum atomic E-state index is -0.923. The van der Waals surface area contributed by atoms with Crippen LogP contribution in [-0.2, 0) is 9.53 Å². The van der Waals surface area contributed by atoms with Gasteiger partial charge in [-0.3, -0.25) is 4.79 Å². The Labute approximate surface area is 103 Å². The van der Waals surface area contributed by atoms with Crippen LogP contribution in [0.3, 0.4) is 0 Å². The van der Waals surface area contributed by atoms with Gasteiger partial charge in [-0.25, -0.2) is 8.78 Å². The van der Waals surface area contributed by atoms with Crippen molar-refractivity contribution < 1.29 is 18.3 Å². The molecule has 0 fully saturated rings. The molecule has 0 amide bonds. The highest BCUT2D eigenvalue weighted by Crippen LogP contribution is 2.15. The molecule has 94 valence electrons. The number of nitriles is 1. The van der Waals surface area contributed by atoms with Crippen molar-refractivity contribution in [1.82, 2.24) is 0 Å². The van der Waals surface area contributed by atoms with Crippen LogP contribution in [0.4, 0.5) is 8.78 Å². The molecule has 0 N–H and O–H groups in total. The predicted molar refractivity (Wildman–Crippen MR) is 61.4 cm³/mol. The summed E-state index contributed by atoms with van der Waals surface area (Å²) >= 11 is 0. The standard InChI is InChI=1S/C13H11F2NO2/c1-2-18-13(17)5-3-4-9-6-11(14)10(8-16)12(15)7-9/h3-4,6-7H,2,5H2,1H3. The molecule has 0 unspecified atom stereocenters. The van der Waals surface area contributed by atoms with Crippen molar-refractivity contribution in [3.05, 3.63) is 41.0 Å². The van der Waals surface area contributed by atoms with Gasteiger partial charge in [0.1, 0.15) is 23.3 Å². The van der Waals surface area contributed by atoms with Crippen LogP contribution in [0.15, 0.2) is 18.2 Å². The summed E-state index contributed by atoms with van der Waals surface area (Å²) in [7, 11) is 0. The first kappa shape index (κ1) is 13.8. The molecule has 0 aliphatic heterocycles. The van der Waals surface area contributed by atoms with E-state index in [-0.39, 0.29) is 18.6 Å². The SMILES string of the molecule is CCOC(=O)CC=Cc1cc(F)c(C#N)c(F)c1. The molecule has 1 aromatic carbocycles. The van der Waals surface area contributed by atoms with Gasteiger partial charge in [0.15, 0.2) is 0 Å². The number of nitrogens with zero attached hydrogens (tertiary/aromatic N) is 1. The third-order valence-corrected chi connectivity index (χ3v) is 2.08. The summed E-state index contributed by atoms with van der Waals surface area (Å²) in [5.74, 6) is -2.26. The van der Waals surface area contributed by atoms with Crippen LogP contribution in [0.1, 0.15) is 24.5 Å². The summed E-state index contributed by atoms with van der Waals surface area (Å²) in [5.41, 5.74) is -0.370. The number of halogens is 2. The Morgan fingerprint density at radius 3 is 2.56 bits per heavy atom. The number of benzene rings is 1. The van der Waals surface area contributed by atoms with Crippen LogP contribution in [0, 0.1) is 23.0 Å². The number of carbonyl (C=O) groups excluding carboxylic acids is 1. The molecule has 5 heteroatoms. The maximum Gasteiger partial charge on any atom is 0.309 e. The highest BCUT2D eigenvalue weighted by molar-refractivity contribution is 5.72. The molecule has 1 rings (SSSR count). The molecule has 0 atom stereocenters. The summed E-state index contributed by atoms with van der Waals surface area (Å²) in [6, 6.07) is 3.50. The van der Waals surface area contributed by atoms with Crippen LogP contribution in [0.5, 0.6) is 0 Å². The first-order valence-corrected chi connectivity index (χ1v) is 5.29. The van der Waals surface area contributed by atoms with Gasteiger partial charge >= 0.3 is 5.97 Å². The summed E-state index contributed by atoms with van der Waals surface area (Å²) in [6.45, 7) is 1.97. The minimum Gasteiger partial charge on any atom is -0.466 e. The Kier molecular flexibility index (Phi) is 5.00. The van der Waals surface area contributed by atoms with Gasteiger partial charge < -0.3 is 4.74 Å². The fourth-order valence-electron chi connectivity index (χ4n) is 1.31. The van der Waals surface area contributed by atoms with Gasteiger partial charge in [-0.05, 0) is 24.6 Å². The largest absolute Gasteiger partial charge is 0.466 e. The third kappa shape index (κ3) is 3.67. The van der Waals surface area contributed by atoms with E-state index >= 15 is 0 Å². The Morgan fingerprint density at radius 1 is 1.44 bits per heavy atom. The van der Waals surface area contributed by atoms with Crippen molar-refractivity contribution in [2.24, 2.45) is 0 Å². The maximum atomic E-state index is 13.2. The average Bonchev–Trinajstić information content (AvgIpc) is 2.29. The smallest absolute Gasteiger partial charge is 0.309 e. The fraction of sp³-hybridized carbons (Fsp3) is 0.231. The zero-order valence-corrected chi connectivity index (χ0v) is 9.74. The van der Waals surface area contributed by atoms with Gasteiger partial charge in [0.05, 0.1) is 13.0 Å². The van der Waals surface area contributed by atoms with E-state index < -0.39 is 23.2 Å². The van der Waals surface area contributed by atoms with Crippen LogP contribution < -0.4 is 0 Å². The number of hydrogen-bond acceptors (Lipinski definition) is 3. The molecule has 0 heterocycles. The second-order valence-corrected chi connectivity index (χ2v) is 3.38. The van der Waals surface area contributed by atoms with Crippen molar-refractivity contribution in [2.45, 2.75) is 13.3 Å². The van der Waals surface area contributed by atoms with E-state index in [9.17, 15) is 13.6 Å². The van der Waals surface area contributed by atoms with Gasteiger partial charge in [-0.1, -0.05) is 12.2 Å². The highest BCUT2D eigenvalue weighted by atomic mass is 19.1. The van der Waals surface area contributed by atoms with Gasteiger partial charge in [0, 0.05) is 0 Å². The molecule has 0 saturated carbocycles. The van der Waals surface area contributed by atoms with E-state index in [1.165, 1.54) is 18.2 Å². The molecule has 0 saturated heterocycles. The molecule has 0 radical (unpaired) electrons. The number of esters is 1. The zero-order valence-electron chi connectivity index (χ0n) is 9.74. The molecular formula is C13H11F2NO2. The predicted octanol–water partition coefficient (Wildman–Crippen LogP) is 2.80. The van der Waals surface area contributed by atoms with E-state index in [0.717, 1.165) is 12.1 Å². The van der Waals surface area contributed by atoms with Crippen molar-refractivity contribution in [3.8, 4) is 6.07 Å². The van der Waals surface area contributed by atoms with Crippen molar-refractivity contribution in [2.75, 3.05) is 6.61 Å². The van der Waals surface area contributed by atoms with Crippen molar-refractivity contribution in [1.29, 1.82) is 5.26 Å². The fourth-order valence-corrected chi connectivity index (χ4v) is 1.31. The molecule has 18 heavy (non-hydrogen) atoms. The van der Waals surface area contributed by atoms with Crippen LogP contribution in [0.2, 0.25) is 0 Å². The van der Waals surface area contributed by atoms with Crippen molar-refractivity contribution in [3.63, 3.8) is 0 Å². The van der Waals surface area contributed by atoms with E-state index in [1.54, 1.807) is 6.92 Å². The lowest BCUT2D eigenvalue weighted by molar-refractivity contribution is -0.142. The van der Waals surface area contributed by atoms with E-state index in [0.29, 0.717) is 0 Å². The third-order valence-electron chi connectivity index (χ3n) is 2.08. The number of ether oxygens (including phenoxy) is 1. The van der Waals surface area contributed by atoms with E-state index in [4.69, 9.17) is 5.26 Å². The lowest BCUT2D eigenvalue weighted by Gasteiger charge is -1.99. The van der Waals surface area contributed by atoms with Crippen LogP contribution >= 0.6 is 0 Å². The number of carbonyl (C=O) groups is 1. The summed E-state index contributed by atoms with van der Waals surface area (Å²) in [5, 5.41) is 8.49. The zero-order chi connectivity index (χ0) is 13.5. The number of hydrogen-bond donors (Lipinski definition) is 0. The average molecular weight is 251 g/mol. The second-order valence-electron chi connectivity index (χ2n) is 3.38.